The van der Waals surface area contributed by atoms with Gasteiger partial charge in [0.15, 0.2) is 0 Å². The Labute approximate surface area is 73.0 Å². The van der Waals surface area contributed by atoms with Gasteiger partial charge in [0.25, 0.3) is 0 Å². The van der Waals surface area contributed by atoms with Crippen LogP contribution >= 0.6 is 11.6 Å². The Morgan fingerprint density at radius 1 is 1.55 bits per heavy atom. The molecule has 0 unspecified atom stereocenters. The average molecular weight is 183 g/mol. The van der Waals surface area contributed by atoms with Gasteiger partial charge in [0.05, 0.1) is 0 Å². The maximum absolute atomic E-state index is 5.84. The summed E-state index contributed by atoms with van der Waals surface area (Å²) in [7, 11) is -0.300. The molecule has 0 saturated carbocycles. The van der Waals surface area contributed by atoms with Crippen LogP contribution in [-0.4, -0.2) is 15.0 Å². The van der Waals surface area contributed by atoms with Crippen molar-refractivity contribution in [3.05, 3.63) is 23.2 Å². The van der Waals surface area contributed by atoms with Crippen molar-refractivity contribution < 1.29 is 0 Å². The Bertz CT molecular complexity index is 287. The molecule has 0 atom stereocenters. The molecule has 2 rings (SSSR count). The lowest BCUT2D eigenvalue weighted by Gasteiger charge is -1.99. The van der Waals surface area contributed by atoms with Gasteiger partial charge in [-0.1, -0.05) is 24.2 Å². The molecule has 0 saturated heterocycles. The van der Waals surface area contributed by atoms with Crippen LogP contribution in [0, 0.1) is 0 Å². The number of rotatable bonds is 0. The molecule has 1 aliphatic rings. The van der Waals surface area contributed by atoms with Crippen molar-refractivity contribution in [3.63, 3.8) is 0 Å². The molecule has 1 N–H and O–H groups in total. The zero-order valence-electron chi connectivity index (χ0n) is 6.32. The molecule has 0 fully saturated rings. The summed E-state index contributed by atoms with van der Waals surface area (Å²) in [5.74, 6) is 0. The number of halogens is 1. The smallest absolute Gasteiger partial charge is 0.107 e. The highest BCUT2D eigenvalue weighted by Crippen LogP contribution is 2.17. The number of benzene rings is 1. The SMILES string of the molecule is C[Si]1CNc2cc(Cl)ccc21. The molecule has 1 aliphatic heterocycles. The van der Waals surface area contributed by atoms with Gasteiger partial charge in [-0.05, 0) is 17.3 Å². The Balaban J connectivity index is 2.50. The van der Waals surface area contributed by atoms with E-state index in [9.17, 15) is 0 Å². The van der Waals surface area contributed by atoms with Crippen molar-refractivity contribution >= 4 is 31.3 Å². The van der Waals surface area contributed by atoms with Gasteiger partial charge >= 0.3 is 0 Å². The van der Waals surface area contributed by atoms with Gasteiger partial charge in [-0.25, -0.2) is 0 Å². The Morgan fingerprint density at radius 2 is 2.36 bits per heavy atom. The zero-order chi connectivity index (χ0) is 7.84. The van der Waals surface area contributed by atoms with E-state index in [2.05, 4.69) is 17.9 Å². The molecule has 0 aromatic heterocycles. The molecule has 1 radical (unpaired) electrons. The van der Waals surface area contributed by atoms with Crippen molar-refractivity contribution in [1.29, 1.82) is 0 Å². The van der Waals surface area contributed by atoms with E-state index in [-0.39, 0.29) is 8.80 Å². The molecule has 11 heavy (non-hydrogen) atoms. The van der Waals surface area contributed by atoms with Crippen molar-refractivity contribution in [2.45, 2.75) is 6.55 Å². The lowest BCUT2D eigenvalue weighted by atomic mass is 10.3. The van der Waals surface area contributed by atoms with E-state index < -0.39 is 0 Å². The molecule has 1 aromatic carbocycles. The highest BCUT2D eigenvalue weighted by Gasteiger charge is 2.18. The predicted molar refractivity (Wildman–Crippen MR) is 51.2 cm³/mol. The summed E-state index contributed by atoms with van der Waals surface area (Å²) < 4.78 is 0. The van der Waals surface area contributed by atoms with Gasteiger partial charge in [-0.3, -0.25) is 0 Å². The first-order valence-corrected chi connectivity index (χ1v) is 6.22. The fraction of sp³-hybridized carbons (Fsp3) is 0.250. The van der Waals surface area contributed by atoms with Crippen molar-refractivity contribution in [2.75, 3.05) is 11.5 Å². The summed E-state index contributed by atoms with van der Waals surface area (Å²) in [5, 5.41) is 5.66. The lowest BCUT2D eigenvalue weighted by molar-refractivity contribution is 1.49. The highest BCUT2D eigenvalue weighted by molar-refractivity contribution is 6.75. The van der Waals surface area contributed by atoms with E-state index in [4.69, 9.17) is 11.6 Å². The Morgan fingerprint density at radius 3 is 3.18 bits per heavy atom. The molecule has 0 spiro atoms. The topological polar surface area (TPSA) is 12.0 Å². The maximum Gasteiger partial charge on any atom is 0.107 e. The Hall–Kier alpha value is -0.473. The standard InChI is InChI=1S/C8H9ClNSi/c1-11-5-10-7-4-6(9)2-3-8(7)11/h2-4,10H,5H2,1H3. The van der Waals surface area contributed by atoms with E-state index in [1.165, 1.54) is 10.9 Å². The number of hydrogen-bond acceptors (Lipinski definition) is 1. The Kier molecular flexibility index (Phi) is 1.66. The first-order chi connectivity index (χ1) is 5.27. The average Bonchev–Trinajstić information content (AvgIpc) is 2.32. The molecular formula is C8H9ClNSi. The summed E-state index contributed by atoms with van der Waals surface area (Å²) in [6.45, 7) is 2.32. The summed E-state index contributed by atoms with van der Waals surface area (Å²) in [4.78, 5) is 0. The molecule has 3 heteroatoms. The van der Waals surface area contributed by atoms with Crippen LogP contribution < -0.4 is 10.5 Å². The summed E-state index contributed by atoms with van der Waals surface area (Å²) in [6.07, 6.45) is 1.14. The largest absolute Gasteiger partial charge is 0.388 e. The monoisotopic (exact) mass is 182 g/mol. The molecule has 1 heterocycles. The van der Waals surface area contributed by atoms with Crippen molar-refractivity contribution in [3.8, 4) is 0 Å². The second-order valence-electron chi connectivity index (χ2n) is 2.82. The minimum Gasteiger partial charge on any atom is -0.388 e. The second kappa shape index (κ2) is 2.54. The van der Waals surface area contributed by atoms with Gasteiger partial charge in [-0.15, -0.1) is 0 Å². The molecule has 0 bridgehead atoms. The molecule has 1 aromatic rings. The second-order valence-corrected chi connectivity index (χ2v) is 5.71. The van der Waals surface area contributed by atoms with Crippen LogP contribution in [0.3, 0.4) is 0 Å². The number of hydrogen-bond donors (Lipinski definition) is 1. The highest BCUT2D eigenvalue weighted by atomic mass is 35.5. The lowest BCUT2D eigenvalue weighted by Crippen LogP contribution is -2.24. The van der Waals surface area contributed by atoms with E-state index in [1.54, 1.807) is 0 Å². The fourth-order valence-corrected chi connectivity index (χ4v) is 3.16. The van der Waals surface area contributed by atoms with Crippen LogP contribution in [0.5, 0.6) is 0 Å². The van der Waals surface area contributed by atoms with E-state index >= 15 is 0 Å². The van der Waals surface area contributed by atoms with Crippen LogP contribution in [0.2, 0.25) is 11.6 Å². The number of anilines is 1. The van der Waals surface area contributed by atoms with E-state index in [0.29, 0.717) is 0 Å². The van der Waals surface area contributed by atoms with Crippen LogP contribution in [-0.2, 0) is 0 Å². The van der Waals surface area contributed by atoms with Crippen LogP contribution in [0.4, 0.5) is 5.69 Å². The van der Waals surface area contributed by atoms with Crippen LogP contribution in [0.15, 0.2) is 18.2 Å². The zero-order valence-corrected chi connectivity index (χ0v) is 8.07. The molecule has 0 aliphatic carbocycles. The first-order valence-electron chi connectivity index (χ1n) is 3.63. The quantitative estimate of drug-likeness (QED) is 0.602. The first kappa shape index (κ1) is 7.19. The van der Waals surface area contributed by atoms with Crippen LogP contribution in [0.25, 0.3) is 0 Å². The fourth-order valence-electron chi connectivity index (χ4n) is 1.36. The summed E-state index contributed by atoms with van der Waals surface area (Å²) in [5.41, 5.74) is 1.24. The third kappa shape index (κ3) is 1.16. The van der Waals surface area contributed by atoms with Gasteiger partial charge < -0.3 is 5.32 Å². The van der Waals surface area contributed by atoms with Gasteiger partial charge in [0, 0.05) is 16.9 Å². The number of nitrogens with one attached hydrogen (secondary N) is 1. The minimum absolute atomic E-state index is 0.300. The number of fused-ring (bicyclic) bond motifs is 1. The van der Waals surface area contributed by atoms with E-state index in [1.807, 2.05) is 12.1 Å². The van der Waals surface area contributed by atoms with Gasteiger partial charge in [0.2, 0.25) is 0 Å². The third-order valence-electron chi connectivity index (χ3n) is 1.99. The molecule has 0 amide bonds. The minimum atomic E-state index is -0.300. The predicted octanol–water partition coefficient (Wildman–Crippen LogP) is 1.64. The third-order valence-corrected chi connectivity index (χ3v) is 4.28. The molecular weight excluding hydrogens is 174 g/mol. The molecule has 57 valence electrons. The summed E-state index contributed by atoms with van der Waals surface area (Å²) in [6, 6.07) is 6.13. The van der Waals surface area contributed by atoms with Crippen molar-refractivity contribution in [1.82, 2.24) is 0 Å². The van der Waals surface area contributed by atoms with Gasteiger partial charge in [-0.2, -0.15) is 0 Å². The van der Waals surface area contributed by atoms with Crippen LogP contribution in [0.1, 0.15) is 0 Å². The van der Waals surface area contributed by atoms with E-state index in [0.717, 1.165) is 11.2 Å². The summed E-state index contributed by atoms with van der Waals surface area (Å²) >= 11 is 5.84. The van der Waals surface area contributed by atoms with Gasteiger partial charge in [0.1, 0.15) is 8.80 Å². The van der Waals surface area contributed by atoms with Crippen molar-refractivity contribution in [2.24, 2.45) is 0 Å². The normalized spacial score (nSPS) is 16.2. The maximum atomic E-state index is 5.84. The molecule has 1 nitrogen and oxygen atoms in total.